The van der Waals surface area contributed by atoms with Crippen LogP contribution in [0.5, 0.6) is 5.88 Å². The van der Waals surface area contributed by atoms with Crippen LogP contribution >= 0.6 is 0 Å². The van der Waals surface area contributed by atoms with Gasteiger partial charge in [-0.3, -0.25) is 4.98 Å². The lowest BCUT2D eigenvalue weighted by Gasteiger charge is -2.26. The van der Waals surface area contributed by atoms with Crippen molar-refractivity contribution in [3.05, 3.63) is 53.9 Å². The fourth-order valence-electron chi connectivity index (χ4n) is 3.56. The fraction of sp³-hybridized carbons (Fsp3) is 0.364. The van der Waals surface area contributed by atoms with Gasteiger partial charge in [0.1, 0.15) is 18.2 Å². The summed E-state index contributed by atoms with van der Waals surface area (Å²) in [6, 6.07) is 4.47. The quantitative estimate of drug-likeness (QED) is 0.501. The van der Waals surface area contributed by atoms with Crippen molar-refractivity contribution in [2.75, 3.05) is 6.61 Å². The Balaban J connectivity index is 2.00. The Kier molecular flexibility index (Phi) is 6.26. The van der Waals surface area contributed by atoms with Gasteiger partial charge in [-0.2, -0.15) is 0 Å². The summed E-state index contributed by atoms with van der Waals surface area (Å²) >= 11 is 0. The Bertz CT molecular complexity index is 1050. The maximum atomic E-state index is 14.4. The smallest absolute Gasteiger partial charge is 0.269 e. The van der Waals surface area contributed by atoms with Gasteiger partial charge in [0.25, 0.3) is 6.43 Å². The van der Waals surface area contributed by atoms with E-state index in [-0.39, 0.29) is 34.5 Å². The van der Waals surface area contributed by atoms with E-state index in [4.69, 9.17) is 10.5 Å². The number of benzene rings is 1. The second-order valence-corrected chi connectivity index (χ2v) is 8.10. The van der Waals surface area contributed by atoms with E-state index in [1.165, 1.54) is 24.5 Å². The molecule has 0 aliphatic carbocycles. The third-order valence-corrected chi connectivity index (χ3v) is 4.60. The number of aromatic nitrogens is 2. The molecule has 30 heavy (non-hydrogen) atoms. The molecule has 0 radical (unpaired) electrons. The normalized spacial score (nSPS) is 13.8. The Hall–Kier alpha value is -2.74. The first kappa shape index (κ1) is 22.0. The summed E-state index contributed by atoms with van der Waals surface area (Å²) in [6.45, 7) is 5.82. The molecule has 0 spiro atoms. The molecule has 2 heterocycles. The van der Waals surface area contributed by atoms with Crippen molar-refractivity contribution in [1.82, 2.24) is 9.97 Å². The topological polar surface area (TPSA) is 61.0 Å². The van der Waals surface area contributed by atoms with Crippen molar-refractivity contribution in [1.29, 1.82) is 0 Å². The molecule has 8 heteroatoms. The number of fused-ring (bicyclic) bond motifs is 1. The van der Waals surface area contributed by atoms with Gasteiger partial charge in [-0.05, 0) is 37.0 Å². The minimum absolute atomic E-state index is 0.0172. The number of nitrogens with two attached hydrogens (primary N) is 1. The zero-order valence-electron chi connectivity index (χ0n) is 16.9. The van der Waals surface area contributed by atoms with Crippen molar-refractivity contribution in [2.45, 2.75) is 39.2 Å². The third kappa shape index (κ3) is 4.87. The fourth-order valence-corrected chi connectivity index (χ4v) is 3.56. The largest absolute Gasteiger partial charge is 0.475 e. The molecule has 0 fully saturated rings. The molecule has 0 saturated carbocycles. The number of nitrogens with zero attached hydrogens (tertiary/aromatic N) is 2. The van der Waals surface area contributed by atoms with Crippen molar-refractivity contribution in [2.24, 2.45) is 11.7 Å². The van der Waals surface area contributed by atoms with Gasteiger partial charge in [-0.25, -0.2) is 22.5 Å². The average Bonchev–Trinajstić information content (AvgIpc) is 2.64. The van der Waals surface area contributed by atoms with Crippen LogP contribution in [0.2, 0.25) is 0 Å². The maximum Gasteiger partial charge on any atom is 0.269 e. The van der Waals surface area contributed by atoms with E-state index in [9.17, 15) is 17.6 Å². The number of hydrogen-bond donors (Lipinski definition) is 1. The van der Waals surface area contributed by atoms with E-state index in [2.05, 4.69) is 9.97 Å². The summed E-state index contributed by atoms with van der Waals surface area (Å²) in [5.74, 6) is -1.52. The molecule has 0 bridgehead atoms. The van der Waals surface area contributed by atoms with Crippen LogP contribution in [-0.4, -0.2) is 22.1 Å². The predicted molar refractivity (Wildman–Crippen MR) is 107 cm³/mol. The highest BCUT2D eigenvalue weighted by Crippen LogP contribution is 2.35. The molecule has 1 atom stereocenters. The first-order chi connectivity index (χ1) is 14.1. The van der Waals surface area contributed by atoms with Gasteiger partial charge in [0.15, 0.2) is 0 Å². The molecule has 0 aliphatic heterocycles. The Morgan fingerprint density at radius 3 is 2.53 bits per heavy atom. The van der Waals surface area contributed by atoms with Crippen LogP contribution in [-0.2, 0) is 0 Å². The average molecular weight is 421 g/mol. The second kappa shape index (κ2) is 8.55. The monoisotopic (exact) mass is 421 g/mol. The first-order valence-electron chi connectivity index (χ1n) is 9.51. The molecule has 0 amide bonds. The van der Waals surface area contributed by atoms with Gasteiger partial charge in [0, 0.05) is 41.0 Å². The van der Waals surface area contributed by atoms with E-state index < -0.39 is 29.2 Å². The lowest BCUT2D eigenvalue weighted by molar-refractivity contribution is 0.137. The standard InChI is InChI=1S/C22H23F4N3O/c1-12(2)9-22(3,27)11-30-21-16(20(25)26)6-13(10-29-21)15-4-5-28-18-8-14(23)7-17(24)19(15)18/h4-8,10,12,20H,9,11,27H2,1-3H3/t22-/m1/s1. The molecule has 3 rings (SSSR count). The second-order valence-electron chi connectivity index (χ2n) is 8.10. The van der Waals surface area contributed by atoms with Crippen LogP contribution < -0.4 is 10.5 Å². The van der Waals surface area contributed by atoms with Crippen LogP contribution in [0.1, 0.15) is 39.2 Å². The molecule has 0 aliphatic rings. The van der Waals surface area contributed by atoms with Crippen LogP contribution in [0.25, 0.3) is 22.0 Å². The van der Waals surface area contributed by atoms with Crippen LogP contribution in [0, 0.1) is 17.6 Å². The highest BCUT2D eigenvalue weighted by molar-refractivity contribution is 5.94. The van der Waals surface area contributed by atoms with Crippen LogP contribution in [0.3, 0.4) is 0 Å². The molecule has 1 aromatic carbocycles. The highest BCUT2D eigenvalue weighted by Gasteiger charge is 2.24. The van der Waals surface area contributed by atoms with Gasteiger partial charge < -0.3 is 10.5 Å². The van der Waals surface area contributed by atoms with Crippen molar-refractivity contribution in [3.8, 4) is 17.0 Å². The summed E-state index contributed by atoms with van der Waals surface area (Å²) < 4.78 is 60.9. The SMILES string of the molecule is CC(C)C[C@@](C)(N)COc1ncc(-c2ccnc3cc(F)cc(F)c23)cc1C(F)F. The Morgan fingerprint density at radius 1 is 1.13 bits per heavy atom. The number of pyridine rings is 2. The zero-order chi connectivity index (χ0) is 22.1. The van der Waals surface area contributed by atoms with Gasteiger partial charge in [0.2, 0.25) is 5.88 Å². The number of rotatable bonds is 7. The minimum atomic E-state index is -2.86. The third-order valence-electron chi connectivity index (χ3n) is 4.60. The van der Waals surface area contributed by atoms with E-state index in [0.29, 0.717) is 12.3 Å². The van der Waals surface area contributed by atoms with Gasteiger partial charge in [-0.15, -0.1) is 0 Å². The molecule has 0 unspecified atom stereocenters. The van der Waals surface area contributed by atoms with E-state index in [0.717, 1.165) is 12.1 Å². The van der Waals surface area contributed by atoms with Crippen LogP contribution in [0.4, 0.5) is 17.6 Å². The highest BCUT2D eigenvalue weighted by atomic mass is 19.3. The van der Waals surface area contributed by atoms with Crippen molar-refractivity contribution < 1.29 is 22.3 Å². The molecule has 3 aromatic rings. The lowest BCUT2D eigenvalue weighted by atomic mass is 9.93. The number of ether oxygens (including phenoxy) is 1. The van der Waals surface area contributed by atoms with Crippen molar-refractivity contribution >= 4 is 10.9 Å². The van der Waals surface area contributed by atoms with Gasteiger partial charge in [0.05, 0.1) is 11.1 Å². The summed E-state index contributed by atoms with van der Waals surface area (Å²) in [7, 11) is 0. The van der Waals surface area contributed by atoms with E-state index in [1.54, 1.807) is 6.92 Å². The molecule has 160 valence electrons. The van der Waals surface area contributed by atoms with Crippen molar-refractivity contribution in [3.63, 3.8) is 0 Å². The summed E-state index contributed by atoms with van der Waals surface area (Å²) in [6.07, 6.45) is 0.453. The summed E-state index contributed by atoms with van der Waals surface area (Å²) in [5.41, 5.74) is 5.65. The molecular weight excluding hydrogens is 398 g/mol. The minimum Gasteiger partial charge on any atom is -0.475 e. The summed E-state index contributed by atoms with van der Waals surface area (Å²) in [4.78, 5) is 7.99. The Labute approximate surface area is 172 Å². The Morgan fingerprint density at radius 2 is 1.87 bits per heavy atom. The summed E-state index contributed by atoms with van der Waals surface area (Å²) in [5, 5.41) is 0.0288. The van der Waals surface area contributed by atoms with E-state index in [1.807, 2.05) is 13.8 Å². The van der Waals surface area contributed by atoms with Crippen LogP contribution in [0.15, 0.2) is 36.7 Å². The van der Waals surface area contributed by atoms with Gasteiger partial charge in [-0.1, -0.05) is 13.8 Å². The molecule has 2 N–H and O–H groups in total. The lowest BCUT2D eigenvalue weighted by Crippen LogP contribution is -2.43. The zero-order valence-corrected chi connectivity index (χ0v) is 16.9. The molecule has 2 aromatic heterocycles. The molecule has 4 nitrogen and oxygen atoms in total. The number of alkyl halides is 2. The first-order valence-corrected chi connectivity index (χ1v) is 9.51. The van der Waals surface area contributed by atoms with Gasteiger partial charge >= 0.3 is 0 Å². The molecular formula is C22H23F4N3O. The van der Waals surface area contributed by atoms with E-state index >= 15 is 0 Å². The molecule has 0 saturated heterocycles. The number of hydrogen-bond acceptors (Lipinski definition) is 4. The predicted octanol–water partition coefficient (Wildman–Crippen LogP) is 5.65. The number of halogens is 4. The maximum absolute atomic E-state index is 14.4.